The van der Waals surface area contributed by atoms with Gasteiger partial charge in [-0.2, -0.15) is 0 Å². The van der Waals surface area contributed by atoms with Gasteiger partial charge >= 0.3 is 0 Å². The minimum absolute atomic E-state index is 0.286. The highest BCUT2D eigenvalue weighted by atomic mass is 16.8. The van der Waals surface area contributed by atoms with E-state index in [0.717, 1.165) is 0 Å². The van der Waals surface area contributed by atoms with Gasteiger partial charge in [-0.3, -0.25) is 0 Å². The number of hydrogen-bond acceptors (Lipinski definition) is 22. The molecule has 14 N–H and O–H groups in total. The average molecular weight is 835 g/mol. The van der Waals surface area contributed by atoms with Crippen molar-refractivity contribution in [2.24, 2.45) is 0 Å². The molecule has 1 aromatic carbocycles. The van der Waals surface area contributed by atoms with Crippen LogP contribution in [-0.2, 0) is 37.9 Å². The second kappa shape index (κ2) is 21.3. The third kappa shape index (κ3) is 10.7. The zero-order valence-corrected chi connectivity index (χ0v) is 30.6. The Morgan fingerprint density at radius 2 is 0.707 bits per heavy atom. The van der Waals surface area contributed by atoms with Crippen molar-refractivity contribution in [3.8, 4) is 23.7 Å². The van der Waals surface area contributed by atoms with E-state index in [1.165, 1.54) is 0 Å². The first kappa shape index (κ1) is 46.5. The summed E-state index contributed by atoms with van der Waals surface area (Å²) in [5.41, 5.74) is 1.08. The summed E-state index contributed by atoms with van der Waals surface area (Å²) in [6, 6.07) is 6.56. The maximum atomic E-state index is 10.7. The molecule has 0 radical (unpaired) electrons. The smallest absolute Gasteiger partial charge is 0.187 e. The molecule has 4 saturated heterocycles. The molecular formula is C36H50O22. The van der Waals surface area contributed by atoms with Gasteiger partial charge in [0.1, 0.15) is 111 Å². The molecule has 0 aromatic heterocycles. The van der Waals surface area contributed by atoms with E-state index in [9.17, 15) is 71.5 Å². The highest BCUT2D eigenvalue weighted by Gasteiger charge is 2.52. The first-order valence-corrected chi connectivity index (χ1v) is 18.2. The van der Waals surface area contributed by atoms with Gasteiger partial charge in [-0.15, -0.1) is 0 Å². The van der Waals surface area contributed by atoms with Gasteiger partial charge in [0.25, 0.3) is 0 Å². The lowest BCUT2D eigenvalue weighted by atomic mass is 9.97. The van der Waals surface area contributed by atoms with Crippen molar-refractivity contribution in [2.45, 2.75) is 123 Å². The van der Waals surface area contributed by atoms with Crippen molar-refractivity contribution >= 4 is 0 Å². The predicted octanol–water partition coefficient (Wildman–Crippen LogP) is -8.33. The zero-order valence-electron chi connectivity index (χ0n) is 30.6. The average Bonchev–Trinajstić information content (AvgIpc) is 3.23. The van der Waals surface area contributed by atoms with Crippen molar-refractivity contribution < 1.29 is 109 Å². The van der Waals surface area contributed by atoms with Gasteiger partial charge in [-0.1, -0.05) is 23.7 Å². The Morgan fingerprint density at radius 1 is 0.397 bits per heavy atom. The summed E-state index contributed by atoms with van der Waals surface area (Å²) in [6.07, 6.45) is -31.7. The molecule has 4 fully saturated rings. The summed E-state index contributed by atoms with van der Waals surface area (Å²) < 4.78 is 43.6. The first-order chi connectivity index (χ1) is 27.7. The van der Waals surface area contributed by atoms with E-state index in [1.54, 1.807) is 24.3 Å². The van der Waals surface area contributed by atoms with E-state index in [2.05, 4.69) is 23.7 Å². The highest BCUT2D eigenvalue weighted by molar-refractivity contribution is 5.42. The normalized spacial score (nSPS) is 43.1. The predicted molar refractivity (Wildman–Crippen MR) is 185 cm³/mol. The van der Waals surface area contributed by atoms with Crippen LogP contribution in [0.2, 0.25) is 0 Å². The molecule has 0 unspecified atom stereocenters. The van der Waals surface area contributed by atoms with Crippen LogP contribution in [0.4, 0.5) is 0 Å². The molecule has 22 nitrogen and oxygen atoms in total. The number of hydrogen-bond donors (Lipinski definition) is 14. The number of rotatable bonds is 12. The van der Waals surface area contributed by atoms with Crippen LogP contribution in [-0.4, -0.2) is 234 Å². The summed E-state index contributed by atoms with van der Waals surface area (Å²) >= 11 is 0. The summed E-state index contributed by atoms with van der Waals surface area (Å²) in [5.74, 6) is 11.1. The minimum atomic E-state index is -1.80. The SMILES string of the molecule is OC[C@H]1O[C@@H](O[C@H]2[C@H](O)[C@@H](O)[C@H](OCC#Cc3ccc(C#CCO[C@@H]4O[C@H](CO)[C@@H](O[C@@H]5O[C@H](CO)[C@H](O)[C@H](O)[C@H]5O)[C@H](O)[C@H]4O)cc3)O[C@@H]2CO)[C@H](O)[C@@H](O)[C@H]1O. The van der Waals surface area contributed by atoms with Gasteiger partial charge in [0.15, 0.2) is 25.2 Å². The summed E-state index contributed by atoms with van der Waals surface area (Å²) in [4.78, 5) is 0. The van der Waals surface area contributed by atoms with Crippen LogP contribution in [0, 0.1) is 23.7 Å². The Hall–Kier alpha value is -2.54. The van der Waals surface area contributed by atoms with E-state index in [0.29, 0.717) is 11.1 Å². The molecule has 22 heteroatoms. The molecular weight excluding hydrogens is 784 g/mol. The first-order valence-electron chi connectivity index (χ1n) is 18.2. The lowest BCUT2D eigenvalue weighted by Crippen LogP contribution is -2.64. The van der Waals surface area contributed by atoms with Crippen LogP contribution in [0.15, 0.2) is 24.3 Å². The Morgan fingerprint density at radius 3 is 1.03 bits per heavy atom. The fourth-order valence-electron chi connectivity index (χ4n) is 6.55. The largest absolute Gasteiger partial charge is 0.394 e. The van der Waals surface area contributed by atoms with Crippen molar-refractivity contribution in [2.75, 3.05) is 39.6 Å². The molecule has 4 heterocycles. The molecule has 0 amide bonds. The van der Waals surface area contributed by atoms with Crippen molar-refractivity contribution in [3.63, 3.8) is 0 Å². The van der Waals surface area contributed by atoms with E-state index >= 15 is 0 Å². The van der Waals surface area contributed by atoms with Gasteiger partial charge in [0, 0.05) is 11.1 Å². The summed E-state index contributed by atoms with van der Waals surface area (Å²) in [6.45, 7) is -3.47. The molecule has 0 bridgehead atoms. The molecule has 0 saturated carbocycles. The van der Waals surface area contributed by atoms with Crippen LogP contribution >= 0.6 is 0 Å². The molecule has 0 spiro atoms. The molecule has 4 aliphatic heterocycles. The minimum Gasteiger partial charge on any atom is -0.394 e. The number of ether oxygens (including phenoxy) is 8. The molecule has 1 aromatic rings. The van der Waals surface area contributed by atoms with Crippen LogP contribution < -0.4 is 0 Å². The molecule has 20 atom stereocenters. The van der Waals surface area contributed by atoms with Crippen molar-refractivity contribution in [1.29, 1.82) is 0 Å². The Labute approximate surface area is 330 Å². The van der Waals surface area contributed by atoms with Crippen LogP contribution in [0.25, 0.3) is 0 Å². The third-order valence-electron chi connectivity index (χ3n) is 9.91. The van der Waals surface area contributed by atoms with E-state index in [4.69, 9.17) is 37.9 Å². The van der Waals surface area contributed by atoms with Crippen LogP contribution in [0.1, 0.15) is 11.1 Å². The van der Waals surface area contributed by atoms with Crippen molar-refractivity contribution in [1.82, 2.24) is 0 Å². The Balaban J connectivity index is 1.07. The van der Waals surface area contributed by atoms with Gasteiger partial charge in [-0.05, 0) is 24.3 Å². The maximum Gasteiger partial charge on any atom is 0.187 e. The lowest BCUT2D eigenvalue weighted by molar-refractivity contribution is -0.358. The molecule has 326 valence electrons. The van der Waals surface area contributed by atoms with E-state index in [-0.39, 0.29) is 13.2 Å². The molecule has 0 aliphatic carbocycles. The fraction of sp³-hybridized carbons (Fsp3) is 0.722. The third-order valence-corrected chi connectivity index (χ3v) is 9.91. The topological polar surface area (TPSA) is 357 Å². The number of aliphatic hydroxyl groups excluding tert-OH is 14. The van der Waals surface area contributed by atoms with Gasteiger partial charge in [0.05, 0.1) is 26.4 Å². The standard InChI is InChI=1S/C36H50O22/c37-11-17-21(41)23(43)27(47)35(53-17)57-31-19(13-39)55-33(29(49)25(31)45)51-9-1-3-15-5-7-16(8-6-15)4-2-10-52-34-30(50)26(46)32(20(14-40)56-34)58-36-28(48)24(44)22(42)18(12-38)54-36/h5-8,17-50H,9-14H2/t17-,18-,19-,20-,21+,22+,23+,24+,25-,26-,27-,28-,29-,30-,31-,32-,33-,34-,35+,36+/m1/s1. The lowest BCUT2D eigenvalue weighted by Gasteiger charge is -2.45. The second-order valence-corrected chi connectivity index (χ2v) is 13.8. The van der Waals surface area contributed by atoms with Crippen molar-refractivity contribution in [3.05, 3.63) is 35.4 Å². The summed E-state index contributed by atoms with van der Waals surface area (Å²) in [5, 5.41) is 142. The highest BCUT2D eigenvalue weighted by Crippen LogP contribution is 2.31. The zero-order chi connectivity index (χ0) is 42.3. The monoisotopic (exact) mass is 834 g/mol. The fourth-order valence-corrected chi connectivity index (χ4v) is 6.55. The summed E-state index contributed by atoms with van der Waals surface area (Å²) in [7, 11) is 0. The molecule has 5 rings (SSSR count). The quantitative estimate of drug-likeness (QED) is 0.0870. The molecule has 4 aliphatic rings. The van der Waals surface area contributed by atoms with E-state index < -0.39 is 149 Å². The second-order valence-electron chi connectivity index (χ2n) is 13.8. The molecule has 58 heavy (non-hydrogen) atoms. The Bertz CT molecular complexity index is 1430. The van der Waals surface area contributed by atoms with Crippen LogP contribution in [0.3, 0.4) is 0 Å². The van der Waals surface area contributed by atoms with Gasteiger partial charge in [-0.25, -0.2) is 0 Å². The maximum absolute atomic E-state index is 10.7. The van der Waals surface area contributed by atoms with E-state index in [1.807, 2.05) is 0 Å². The van der Waals surface area contributed by atoms with Gasteiger partial charge in [0.2, 0.25) is 0 Å². The Kier molecular flexibility index (Phi) is 17.1. The number of aliphatic hydroxyl groups is 14. The van der Waals surface area contributed by atoms with Gasteiger partial charge < -0.3 is 109 Å². The van der Waals surface area contributed by atoms with Crippen LogP contribution in [0.5, 0.6) is 0 Å². The number of benzene rings is 1.